The summed E-state index contributed by atoms with van der Waals surface area (Å²) in [5, 5.41) is 9.61. The van der Waals surface area contributed by atoms with Gasteiger partial charge in [0.05, 0.1) is 5.69 Å². The Balaban J connectivity index is 2.44. The number of nitrogens with zero attached hydrogens (tertiary/aromatic N) is 1. The van der Waals surface area contributed by atoms with E-state index in [0.717, 1.165) is 24.1 Å². The first-order valence-electron chi connectivity index (χ1n) is 4.47. The number of amides is 1. The zero-order chi connectivity index (χ0) is 10.1. The van der Waals surface area contributed by atoms with Crippen molar-refractivity contribution in [2.45, 2.75) is 12.8 Å². The van der Waals surface area contributed by atoms with E-state index in [0.29, 0.717) is 11.6 Å². The van der Waals surface area contributed by atoms with Crippen LogP contribution in [-0.2, 0) is 6.42 Å². The monoisotopic (exact) mass is 211 g/mol. The van der Waals surface area contributed by atoms with Crippen LogP contribution >= 0.6 is 11.6 Å². The molecule has 74 valence electrons. The van der Waals surface area contributed by atoms with Crippen LogP contribution in [0.5, 0.6) is 0 Å². The first-order chi connectivity index (χ1) is 6.68. The van der Waals surface area contributed by atoms with E-state index in [-0.39, 0.29) is 0 Å². The van der Waals surface area contributed by atoms with Crippen molar-refractivity contribution in [3.05, 3.63) is 28.8 Å². The third-order valence-electron chi connectivity index (χ3n) is 2.39. The summed E-state index contributed by atoms with van der Waals surface area (Å²) in [7, 11) is 0. The summed E-state index contributed by atoms with van der Waals surface area (Å²) >= 11 is 5.84. The molecule has 1 aliphatic heterocycles. The number of rotatable bonds is 0. The smallest absolute Gasteiger partial charge is 0.411 e. The summed E-state index contributed by atoms with van der Waals surface area (Å²) in [4.78, 5) is 12.3. The van der Waals surface area contributed by atoms with Crippen molar-refractivity contribution >= 4 is 23.4 Å². The number of aryl methyl sites for hydroxylation is 1. The van der Waals surface area contributed by atoms with Crippen LogP contribution < -0.4 is 4.90 Å². The predicted octanol–water partition coefficient (Wildman–Crippen LogP) is 2.77. The second kappa shape index (κ2) is 3.50. The molecular weight excluding hydrogens is 202 g/mol. The van der Waals surface area contributed by atoms with Crippen LogP contribution in [0.3, 0.4) is 0 Å². The molecule has 0 aliphatic carbocycles. The van der Waals surface area contributed by atoms with Crippen LogP contribution in [-0.4, -0.2) is 17.7 Å². The second-order valence-corrected chi connectivity index (χ2v) is 3.75. The van der Waals surface area contributed by atoms with Gasteiger partial charge in [0.1, 0.15) is 0 Å². The molecule has 14 heavy (non-hydrogen) atoms. The fourth-order valence-corrected chi connectivity index (χ4v) is 1.96. The molecule has 0 saturated carbocycles. The van der Waals surface area contributed by atoms with Gasteiger partial charge in [-0.2, -0.15) is 0 Å². The van der Waals surface area contributed by atoms with Crippen molar-refractivity contribution in [3.8, 4) is 0 Å². The lowest BCUT2D eigenvalue weighted by Gasteiger charge is -2.26. The van der Waals surface area contributed by atoms with Crippen molar-refractivity contribution in [1.29, 1.82) is 0 Å². The SMILES string of the molecule is O=C(O)N1CCCc2cc(Cl)ccc21. The summed E-state index contributed by atoms with van der Waals surface area (Å²) < 4.78 is 0. The summed E-state index contributed by atoms with van der Waals surface area (Å²) in [6, 6.07) is 5.33. The van der Waals surface area contributed by atoms with Gasteiger partial charge in [0.25, 0.3) is 0 Å². The highest BCUT2D eigenvalue weighted by Gasteiger charge is 2.21. The Kier molecular flexibility index (Phi) is 2.33. The summed E-state index contributed by atoms with van der Waals surface area (Å²) in [5.41, 5.74) is 1.79. The van der Waals surface area contributed by atoms with Crippen molar-refractivity contribution < 1.29 is 9.90 Å². The van der Waals surface area contributed by atoms with E-state index in [1.54, 1.807) is 12.1 Å². The summed E-state index contributed by atoms with van der Waals surface area (Å²) in [6.45, 7) is 0.573. The number of benzene rings is 1. The number of hydrogen-bond acceptors (Lipinski definition) is 1. The highest BCUT2D eigenvalue weighted by Crippen LogP contribution is 2.29. The molecule has 1 aromatic carbocycles. The third-order valence-corrected chi connectivity index (χ3v) is 2.63. The van der Waals surface area contributed by atoms with E-state index in [4.69, 9.17) is 16.7 Å². The van der Waals surface area contributed by atoms with Gasteiger partial charge in [-0.05, 0) is 36.6 Å². The van der Waals surface area contributed by atoms with Gasteiger partial charge in [0.15, 0.2) is 0 Å². The topological polar surface area (TPSA) is 40.5 Å². The van der Waals surface area contributed by atoms with Crippen molar-refractivity contribution in [2.24, 2.45) is 0 Å². The Morgan fingerprint density at radius 2 is 2.29 bits per heavy atom. The highest BCUT2D eigenvalue weighted by molar-refractivity contribution is 6.30. The standard InChI is InChI=1S/C10H10ClNO2/c11-8-3-4-9-7(6-8)2-1-5-12(9)10(13)14/h3-4,6H,1-2,5H2,(H,13,14). The Labute approximate surface area is 86.9 Å². The minimum absolute atomic E-state index is 0.573. The van der Waals surface area contributed by atoms with E-state index >= 15 is 0 Å². The normalized spacial score (nSPS) is 15.1. The zero-order valence-electron chi connectivity index (χ0n) is 7.53. The maximum Gasteiger partial charge on any atom is 0.411 e. The van der Waals surface area contributed by atoms with Crippen LogP contribution in [0.4, 0.5) is 10.5 Å². The average Bonchev–Trinajstić information content (AvgIpc) is 2.16. The molecule has 0 aromatic heterocycles. The van der Waals surface area contributed by atoms with E-state index < -0.39 is 6.09 Å². The molecule has 1 aromatic rings. The molecule has 0 radical (unpaired) electrons. The molecule has 4 heteroatoms. The Bertz CT molecular complexity index is 378. The highest BCUT2D eigenvalue weighted by atomic mass is 35.5. The molecule has 0 saturated heterocycles. The second-order valence-electron chi connectivity index (χ2n) is 3.31. The first kappa shape index (κ1) is 9.34. The molecule has 2 rings (SSSR count). The van der Waals surface area contributed by atoms with Crippen molar-refractivity contribution in [2.75, 3.05) is 11.4 Å². The molecule has 0 spiro atoms. The Hall–Kier alpha value is -1.22. The number of carbonyl (C=O) groups is 1. The summed E-state index contributed by atoms with van der Waals surface area (Å²) in [6.07, 6.45) is 0.868. The van der Waals surface area contributed by atoms with E-state index in [2.05, 4.69) is 0 Å². The minimum Gasteiger partial charge on any atom is -0.465 e. The van der Waals surface area contributed by atoms with Crippen LogP contribution in [0.25, 0.3) is 0 Å². The summed E-state index contributed by atoms with van der Waals surface area (Å²) in [5.74, 6) is 0. The van der Waals surface area contributed by atoms with Crippen LogP contribution in [0.1, 0.15) is 12.0 Å². The number of halogens is 1. The van der Waals surface area contributed by atoms with Gasteiger partial charge in [-0.25, -0.2) is 4.79 Å². The lowest BCUT2D eigenvalue weighted by Crippen LogP contribution is -2.34. The molecular formula is C10H10ClNO2. The molecule has 0 fully saturated rings. The van der Waals surface area contributed by atoms with Gasteiger partial charge in [-0.1, -0.05) is 11.6 Å². The fraction of sp³-hybridized carbons (Fsp3) is 0.300. The lowest BCUT2D eigenvalue weighted by atomic mass is 10.0. The lowest BCUT2D eigenvalue weighted by molar-refractivity contribution is 0.201. The minimum atomic E-state index is -0.895. The predicted molar refractivity (Wildman–Crippen MR) is 55.1 cm³/mol. The third kappa shape index (κ3) is 1.55. The van der Waals surface area contributed by atoms with Gasteiger partial charge in [-0.3, -0.25) is 4.90 Å². The first-order valence-corrected chi connectivity index (χ1v) is 4.85. The van der Waals surface area contributed by atoms with Gasteiger partial charge in [0.2, 0.25) is 0 Å². The molecule has 1 aliphatic rings. The largest absolute Gasteiger partial charge is 0.465 e. The Morgan fingerprint density at radius 3 is 3.00 bits per heavy atom. The van der Waals surface area contributed by atoms with Crippen molar-refractivity contribution in [1.82, 2.24) is 0 Å². The quantitative estimate of drug-likeness (QED) is 0.717. The zero-order valence-corrected chi connectivity index (χ0v) is 8.29. The van der Waals surface area contributed by atoms with Gasteiger partial charge in [0, 0.05) is 11.6 Å². The van der Waals surface area contributed by atoms with Gasteiger partial charge >= 0.3 is 6.09 Å². The van der Waals surface area contributed by atoms with Gasteiger partial charge in [-0.15, -0.1) is 0 Å². The molecule has 1 N–H and O–H groups in total. The molecule has 0 bridgehead atoms. The van der Waals surface area contributed by atoms with Crippen molar-refractivity contribution in [3.63, 3.8) is 0 Å². The Morgan fingerprint density at radius 1 is 1.50 bits per heavy atom. The van der Waals surface area contributed by atoms with Crippen LogP contribution in [0, 0.1) is 0 Å². The average molecular weight is 212 g/mol. The maximum absolute atomic E-state index is 10.9. The number of anilines is 1. The molecule has 3 nitrogen and oxygen atoms in total. The molecule has 1 heterocycles. The van der Waals surface area contributed by atoms with Gasteiger partial charge < -0.3 is 5.11 Å². The van der Waals surface area contributed by atoms with E-state index in [1.807, 2.05) is 6.07 Å². The maximum atomic E-state index is 10.9. The molecule has 0 unspecified atom stereocenters. The number of fused-ring (bicyclic) bond motifs is 1. The number of carboxylic acid groups (broad SMARTS) is 1. The fourth-order valence-electron chi connectivity index (χ4n) is 1.76. The molecule has 0 atom stereocenters. The van der Waals surface area contributed by atoms with E-state index in [9.17, 15) is 4.79 Å². The van der Waals surface area contributed by atoms with Crippen LogP contribution in [0.2, 0.25) is 5.02 Å². The van der Waals surface area contributed by atoms with E-state index in [1.165, 1.54) is 4.90 Å². The number of hydrogen-bond donors (Lipinski definition) is 1. The molecule has 1 amide bonds. The van der Waals surface area contributed by atoms with Crippen LogP contribution in [0.15, 0.2) is 18.2 Å².